The SMILES string of the molecule is CCOC(=O)N1CCN(C(=O)C[C@H](c2ccc(OC)cc2)N(C)S(=O)(=O)c2ccccc2)CC1. The van der Waals surface area contributed by atoms with E-state index in [0.717, 1.165) is 0 Å². The van der Waals surface area contributed by atoms with Crippen LogP contribution < -0.4 is 4.74 Å². The number of ether oxygens (including phenoxy) is 2. The molecule has 1 fully saturated rings. The van der Waals surface area contributed by atoms with Crippen molar-refractivity contribution in [3.05, 3.63) is 60.2 Å². The summed E-state index contributed by atoms with van der Waals surface area (Å²) < 4.78 is 38.1. The van der Waals surface area contributed by atoms with Crippen molar-refractivity contribution in [2.75, 3.05) is 46.9 Å². The highest BCUT2D eigenvalue weighted by atomic mass is 32.2. The molecule has 0 unspecified atom stereocenters. The fourth-order valence-corrected chi connectivity index (χ4v) is 5.22. The van der Waals surface area contributed by atoms with Gasteiger partial charge in [0.1, 0.15) is 5.75 Å². The maximum atomic E-state index is 13.3. The van der Waals surface area contributed by atoms with Crippen molar-refractivity contribution in [2.45, 2.75) is 24.3 Å². The standard InChI is InChI=1S/C24H31N3O6S/c1-4-33-24(29)27-16-14-26(15-17-27)23(28)18-22(19-10-12-20(32-3)13-11-19)25(2)34(30,31)21-8-6-5-7-9-21/h5-13,22H,4,14-18H2,1-3H3/t22-/m1/s1. The van der Waals surface area contributed by atoms with E-state index in [4.69, 9.17) is 9.47 Å². The first-order chi connectivity index (χ1) is 16.3. The summed E-state index contributed by atoms with van der Waals surface area (Å²) in [5, 5.41) is 0. The number of carbonyl (C=O) groups excluding carboxylic acids is 2. The molecule has 2 aromatic rings. The van der Waals surface area contributed by atoms with Gasteiger partial charge in [0, 0.05) is 39.6 Å². The summed E-state index contributed by atoms with van der Waals surface area (Å²) >= 11 is 0. The van der Waals surface area contributed by atoms with Gasteiger partial charge in [-0.25, -0.2) is 13.2 Å². The highest BCUT2D eigenvalue weighted by Gasteiger charge is 2.33. The Hall–Kier alpha value is -3.11. The Kier molecular flexibility index (Phi) is 8.51. The third-order valence-corrected chi connectivity index (χ3v) is 7.77. The van der Waals surface area contributed by atoms with Crippen LogP contribution >= 0.6 is 0 Å². The van der Waals surface area contributed by atoms with Gasteiger partial charge in [-0.05, 0) is 36.8 Å². The first-order valence-electron chi connectivity index (χ1n) is 11.1. The van der Waals surface area contributed by atoms with E-state index in [1.54, 1.807) is 66.3 Å². The average Bonchev–Trinajstić information content (AvgIpc) is 2.87. The lowest BCUT2D eigenvalue weighted by Crippen LogP contribution is -2.51. The van der Waals surface area contributed by atoms with Crippen LogP contribution in [0.3, 0.4) is 0 Å². The molecule has 1 heterocycles. The van der Waals surface area contributed by atoms with Gasteiger partial charge in [0.15, 0.2) is 0 Å². The summed E-state index contributed by atoms with van der Waals surface area (Å²) in [5.41, 5.74) is 0.682. The van der Waals surface area contributed by atoms with Crippen molar-refractivity contribution >= 4 is 22.0 Å². The van der Waals surface area contributed by atoms with Gasteiger partial charge < -0.3 is 19.3 Å². The summed E-state index contributed by atoms with van der Waals surface area (Å²) in [6.45, 7) is 3.51. The monoisotopic (exact) mass is 489 g/mol. The molecule has 1 saturated heterocycles. The molecule has 0 aliphatic carbocycles. The second-order valence-electron chi connectivity index (χ2n) is 7.89. The van der Waals surface area contributed by atoms with E-state index in [0.29, 0.717) is 44.1 Å². The van der Waals surface area contributed by atoms with Gasteiger partial charge in [-0.1, -0.05) is 30.3 Å². The molecule has 0 saturated carbocycles. The molecular formula is C24H31N3O6S. The molecule has 0 aromatic heterocycles. The average molecular weight is 490 g/mol. The normalized spacial score (nSPS) is 15.2. The predicted octanol–water partition coefficient (Wildman–Crippen LogP) is 2.75. The van der Waals surface area contributed by atoms with Crippen molar-refractivity contribution in [1.82, 2.24) is 14.1 Å². The fraction of sp³-hybridized carbons (Fsp3) is 0.417. The van der Waals surface area contributed by atoms with Crippen molar-refractivity contribution < 1.29 is 27.5 Å². The fourth-order valence-electron chi connectivity index (χ4n) is 3.86. The van der Waals surface area contributed by atoms with Gasteiger partial charge in [-0.15, -0.1) is 0 Å². The molecule has 10 heteroatoms. The third-order valence-electron chi connectivity index (χ3n) is 5.89. The second kappa shape index (κ2) is 11.3. The Balaban J connectivity index is 1.80. The minimum Gasteiger partial charge on any atom is -0.497 e. The molecule has 0 bridgehead atoms. The van der Waals surface area contributed by atoms with Crippen LogP contribution in [0.5, 0.6) is 5.75 Å². The lowest BCUT2D eigenvalue weighted by Gasteiger charge is -2.35. The molecular weight excluding hydrogens is 458 g/mol. The molecule has 34 heavy (non-hydrogen) atoms. The number of hydrogen-bond acceptors (Lipinski definition) is 6. The maximum Gasteiger partial charge on any atom is 0.409 e. The topological polar surface area (TPSA) is 96.5 Å². The molecule has 3 rings (SSSR count). The largest absolute Gasteiger partial charge is 0.497 e. The van der Waals surface area contributed by atoms with Crippen molar-refractivity contribution in [1.29, 1.82) is 0 Å². The van der Waals surface area contributed by atoms with E-state index in [2.05, 4.69) is 0 Å². The molecule has 2 amide bonds. The van der Waals surface area contributed by atoms with Crippen LogP contribution in [0.25, 0.3) is 0 Å². The van der Waals surface area contributed by atoms with Crippen LogP contribution in [-0.2, 0) is 19.6 Å². The van der Waals surface area contributed by atoms with Crippen LogP contribution in [0.2, 0.25) is 0 Å². The van der Waals surface area contributed by atoms with E-state index in [1.807, 2.05) is 0 Å². The van der Waals surface area contributed by atoms with Gasteiger partial charge in [0.25, 0.3) is 0 Å². The van der Waals surface area contributed by atoms with Crippen LogP contribution in [0.15, 0.2) is 59.5 Å². The second-order valence-corrected chi connectivity index (χ2v) is 9.89. The van der Waals surface area contributed by atoms with E-state index in [9.17, 15) is 18.0 Å². The van der Waals surface area contributed by atoms with Crippen LogP contribution in [-0.4, -0.2) is 81.5 Å². The lowest BCUT2D eigenvalue weighted by atomic mass is 10.0. The van der Waals surface area contributed by atoms with Gasteiger partial charge >= 0.3 is 6.09 Å². The van der Waals surface area contributed by atoms with Crippen molar-refractivity contribution in [3.8, 4) is 5.75 Å². The minimum absolute atomic E-state index is 0.0334. The number of benzene rings is 2. The zero-order valence-corrected chi connectivity index (χ0v) is 20.5. The third kappa shape index (κ3) is 5.87. The Morgan fingerprint density at radius 2 is 1.56 bits per heavy atom. The maximum absolute atomic E-state index is 13.3. The highest BCUT2D eigenvalue weighted by Crippen LogP contribution is 2.31. The Bertz CT molecular complexity index is 1070. The molecule has 184 valence electrons. The number of methoxy groups -OCH3 is 1. The number of hydrogen-bond donors (Lipinski definition) is 0. The summed E-state index contributed by atoms with van der Waals surface area (Å²) in [6, 6.07) is 14.5. The zero-order valence-electron chi connectivity index (χ0n) is 19.7. The molecule has 0 N–H and O–H groups in total. The van der Waals surface area contributed by atoms with Gasteiger partial charge in [-0.3, -0.25) is 4.79 Å². The highest BCUT2D eigenvalue weighted by molar-refractivity contribution is 7.89. The van der Waals surface area contributed by atoms with Gasteiger partial charge in [-0.2, -0.15) is 4.31 Å². The van der Waals surface area contributed by atoms with Gasteiger partial charge in [0.05, 0.1) is 24.7 Å². The van der Waals surface area contributed by atoms with Crippen LogP contribution in [0.1, 0.15) is 24.9 Å². The molecule has 1 atom stereocenters. The van der Waals surface area contributed by atoms with Crippen molar-refractivity contribution in [2.24, 2.45) is 0 Å². The summed E-state index contributed by atoms with van der Waals surface area (Å²) in [6.07, 6.45) is -0.423. The number of amides is 2. The lowest BCUT2D eigenvalue weighted by molar-refractivity contribution is -0.133. The zero-order chi connectivity index (χ0) is 24.7. The number of carbonyl (C=O) groups is 2. The Labute approximate surface area is 200 Å². The molecule has 9 nitrogen and oxygen atoms in total. The number of rotatable bonds is 8. The molecule has 0 radical (unpaired) electrons. The molecule has 1 aliphatic rings. The Morgan fingerprint density at radius 1 is 0.971 bits per heavy atom. The number of piperazine rings is 1. The molecule has 0 spiro atoms. The quantitative estimate of drug-likeness (QED) is 0.566. The van der Waals surface area contributed by atoms with Crippen molar-refractivity contribution in [3.63, 3.8) is 0 Å². The van der Waals surface area contributed by atoms with E-state index < -0.39 is 16.1 Å². The van der Waals surface area contributed by atoms with E-state index >= 15 is 0 Å². The van der Waals surface area contributed by atoms with E-state index in [-0.39, 0.29) is 23.3 Å². The summed E-state index contributed by atoms with van der Waals surface area (Å²) in [7, 11) is -0.800. The van der Waals surface area contributed by atoms with Crippen LogP contribution in [0, 0.1) is 0 Å². The summed E-state index contributed by atoms with van der Waals surface area (Å²) in [5.74, 6) is 0.455. The first-order valence-corrected chi connectivity index (χ1v) is 12.6. The molecule has 1 aliphatic heterocycles. The first kappa shape index (κ1) is 25.5. The number of sulfonamides is 1. The minimum atomic E-state index is -3.84. The number of nitrogens with zero attached hydrogens (tertiary/aromatic N) is 3. The smallest absolute Gasteiger partial charge is 0.409 e. The van der Waals surface area contributed by atoms with Gasteiger partial charge in [0.2, 0.25) is 15.9 Å². The summed E-state index contributed by atoms with van der Waals surface area (Å²) in [4.78, 5) is 28.6. The van der Waals surface area contributed by atoms with Crippen LogP contribution in [0.4, 0.5) is 4.79 Å². The Morgan fingerprint density at radius 3 is 2.12 bits per heavy atom. The molecule has 2 aromatic carbocycles. The predicted molar refractivity (Wildman–Crippen MR) is 127 cm³/mol. The van der Waals surface area contributed by atoms with E-state index in [1.165, 1.54) is 23.5 Å².